The molecule has 1 N–H and O–H groups in total. The highest BCUT2D eigenvalue weighted by Gasteiger charge is 2.33. The Morgan fingerprint density at radius 2 is 1.52 bits per heavy atom. The van der Waals surface area contributed by atoms with E-state index in [1.807, 2.05) is 0 Å². The van der Waals surface area contributed by atoms with Crippen LogP contribution in [0.2, 0.25) is 0 Å². The predicted octanol–water partition coefficient (Wildman–Crippen LogP) is 3.46. The van der Waals surface area contributed by atoms with Crippen LogP contribution in [0.15, 0.2) is 0 Å². The third-order valence-electron chi connectivity index (χ3n) is 3.84. The lowest BCUT2D eigenvalue weighted by atomic mass is 9.92. The zero-order valence-corrected chi connectivity index (χ0v) is 12.4. The Hall–Kier alpha value is -1.70. The van der Waals surface area contributed by atoms with E-state index in [-0.39, 0.29) is 6.10 Å². The molecule has 2 unspecified atom stereocenters. The summed E-state index contributed by atoms with van der Waals surface area (Å²) < 4.78 is 72.1. The van der Waals surface area contributed by atoms with Gasteiger partial charge in [0.05, 0.1) is 12.1 Å². The first-order valence-corrected chi connectivity index (χ1v) is 7.32. The van der Waals surface area contributed by atoms with E-state index < -0.39 is 46.6 Å². The molecule has 1 fully saturated rings. The molecule has 1 aliphatic carbocycles. The summed E-state index contributed by atoms with van der Waals surface area (Å²) in [5.74, 6) is -12.2. The molecule has 0 aliphatic heterocycles. The molecule has 2 rings (SSSR count). The molecule has 1 aliphatic rings. The van der Waals surface area contributed by atoms with E-state index in [4.69, 9.17) is 4.74 Å². The van der Waals surface area contributed by atoms with Gasteiger partial charge in [-0.25, -0.2) is 22.0 Å². The van der Waals surface area contributed by atoms with Gasteiger partial charge in [-0.3, -0.25) is 4.79 Å². The maximum absolute atomic E-state index is 13.6. The van der Waals surface area contributed by atoms with Gasteiger partial charge in [0.25, 0.3) is 5.91 Å². The summed E-state index contributed by atoms with van der Waals surface area (Å²) in [4.78, 5) is 12.0. The fourth-order valence-electron chi connectivity index (χ4n) is 2.72. The smallest absolute Gasteiger partial charge is 0.257 e. The van der Waals surface area contributed by atoms with Gasteiger partial charge in [0.15, 0.2) is 23.3 Å². The number of benzene rings is 1. The van der Waals surface area contributed by atoms with E-state index in [2.05, 4.69) is 5.32 Å². The van der Waals surface area contributed by atoms with Crippen LogP contribution in [0, 0.1) is 29.1 Å². The largest absolute Gasteiger partial charge is 0.376 e. The van der Waals surface area contributed by atoms with Crippen LogP contribution in [0.4, 0.5) is 22.0 Å². The molecule has 23 heavy (non-hydrogen) atoms. The monoisotopic (exact) mass is 337 g/mol. The maximum Gasteiger partial charge on any atom is 0.257 e. The Bertz CT molecular complexity index is 577. The molecular weight excluding hydrogens is 321 g/mol. The number of hydrogen-bond acceptors (Lipinski definition) is 2. The minimum absolute atomic E-state index is 0.348. The van der Waals surface area contributed by atoms with E-state index in [0.717, 1.165) is 12.8 Å². The van der Waals surface area contributed by atoms with Gasteiger partial charge in [0, 0.05) is 6.61 Å². The Labute approximate surface area is 129 Å². The Morgan fingerprint density at radius 3 is 2.09 bits per heavy atom. The molecule has 0 heterocycles. The van der Waals surface area contributed by atoms with E-state index >= 15 is 0 Å². The molecule has 1 aromatic rings. The van der Waals surface area contributed by atoms with Crippen LogP contribution >= 0.6 is 0 Å². The maximum atomic E-state index is 13.6. The van der Waals surface area contributed by atoms with Crippen molar-refractivity contribution < 1.29 is 31.5 Å². The van der Waals surface area contributed by atoms with Crippen LogP contribution in [-0.4, -0.2) is 24.7 Å². The fraction of sp³-hybridized carbons (Fsp3) is 0.533. The Morgan fingerprint density at radius 1 is 1.00 bits per heavy atom. The Balaban J connectivity index is 2.27. The third-order valence-corrected chi connectivity index (χ3v) is 3.84. The summed E-state index contributed by atoms with van der Waals surface area (Å²) in [5, 5.41) is 2.33. The van der Waals surface area contributed by atoms with Crippen molar-refractivity contribution in [2.24, 2.45) is 0 Å². The number of halogens is 5. The van der Waals surface area contributed by atoms with Crippen molar-refractivity contribution in [3.8, 4) is 0 Å². The van der Waals surface area contributed by atoms with Crippen LogP contribution in [0.1, 0.15) is 43.0 Å². The molecule has 8 heteroatoms. The second kappa shape index (κ2) is 7.25. The van der Waals surface area contributed by atoms with Gasteiger partial charge in [-0.15, -0.1) is 0 Å². The first kappa shape index (κ1) is 17.7. The van der Waals surface area contributed by atoms with Crippen molar-refractivity contribution in [1.29, 1.82) is 0 Å². The minimum atomic E-state index is -2.29. The number of nitrogens with one attached hydrogen (secondary N) is 1. The van der Waals surface area contributed by atoms with Gasteiger partial charge >= 0.3 is 0 Å². The molecule has 1 amide bonds. The van der Waals surface area contributed by atoms with Crippen molar-refractivity contribution in [3.05, 3.63) is 34.6 Å². The predicted molar refractivity (Wildman–Crippen MR) is 71.4 cm³/mol. The van der Waals surface area contributed by atoms with E-state index in [0.29, 0.717) is 19.4 Å². The number of hydrogen-bond donors (Lipinski definition) is 1. The van der Waals surface area contributed by atoms with Crippen molar-refractivity contribution in [2.45, 2.75) is 44.8 Å². The third kappa shape index (κ3) is 3.46. The number of carbonyl (C=O) groups excluding carboxylic acids is 1. The zero-order valence-electron chi connectivity index (χ0n) is 12.4. The number of amides is 1. The molecular formula is C15H16F5NO2. The molecule has 2 atom stereocenters. The van der Waals surface area contributed by atoms with Gasteiger partial charge in [0.1, 0.15) is 5.56 Å². The number of carbonyl (C=O) groups is 1. The van der Waals surface area contributed by atoms with Gasteiger partial charge in [-0.05, 0) is 19.8 Å². The summed E-state index contributed by atoms with van der Waals surface area (Å²) in [6, 6.07) is -0.536. The van der Waals surface area contributed by atoms with E-state index in [1.54, 1.807) is 6.92 Å². The molecule has 128 valence electrons. The normalized spacial score (nSPS) is 21.3. The summed E-state index contributed by atoms with van der Waals surface area (Å²) in [6.07, 6.45) is 2.45. The fourth-order valence-corrected chi connectivity index (χ4v) is 2.72. The second-order valence-corrected chi connectivity index (χ2v) is 5.30. The minimum Gasteiger partial charge on any atom is -0.376 e. The van der Waals surface area contributed by atoms with Crippen LogP contribution in [-0.2, 0) is 4.74 Å². The lowest BCUT2D eigenvalue weighted by Crippen LogP contribution is -2.46. The lowest BCUT2D eigenvalue weighted by molar-refractivity contribution is 0.0123. The van der Waals surface area contributed by atoms with Crippen LogP contribution in [0.25, 0.3) is 0 Å². The van der Waals surface area contributed by atoms with Gasteiger partial charge in [0.2, 0.25) is 5.82 Å². The molecule has 1 saturated carbocycles. The topological polar surface area (TPSA) is 38.3 Å². The highest BCUT2D eigenvalue weighted by molar-refractivity contribution is 5.95. The van der Waals surface area contributed by atoms with Crippen molar-refractivity contribution in [3.63, 3.8) is 0 Å². The first-order valence-electron chi connectivity index (χ1n) is 7.32. The molecule has 0 radical (unpaired) electrons. The highest BCUT2D eigenvalue weighted by atomic mass is 19.2. The molecule has 0 saturated heterocycles. The van der Waals surface area contributed by atoms with Gasteiger partial charge in [-0.2, -0.15) is 0 Å². The number of ether oxygens (including phenoxy) is 1. The highest BCUT2D eigenvalue weighted by Crippen LogP contribution is 2.25. The summed E-state index contributed by atoms with van der Waals surface area (Å²) in [7, 11) is 0. The lowest BCUT2D eigenvalue weighted by Gasteiger charge is -2.31. The van der Waals surface area contributed by atoms with Crippen molar-refractivity contribution in [2.75, 3.05) is 6.61 Å². The zero-order chi connectivity index (χ0) is 17.1. The average Bonchev–Trinajstić information content (AvgIpc) is 2.53. The van der Waals surface area contributed by atoms with E-state index in [1.165, 1.54) is 0 Å². The molecule has 1 aromatic carbocycles. The number of rotatable bonds is 4. The first-order chi connectivity index (χ1) is 10.9. The summed E-state index contributed by atoms with van der Waals surface area (Å²) in [6.45, 7) is 2.15. The molecule has 3 nitrogen and oxygen atoms in total. The van der Waals surface area contributed by atoms with Crippen LogP contribution in [0.5, 0.6) is 0 Å². The van der Waals surface area contributed by atoms with Gasteiger partial charge in [-0.1, -0.05) is 12.8 Å². The summed E-state index contributed by atoms with van der Waals surface area (Å²) in [5.41, 5.74) is -1.47. The van der Waals surface area contributed by atoms with Crippen molar-refractivity contribution >= 4 is 5.91 Å². The summed E-state index contributed by atoms with van der Waals surface area (Å²) >= 11 is 0. The van der Waals surface area contributed by atoms with Gasteiger partial charge < -0.3 is 10.1 Å². The molecule has 0 bridgehead atoms. The van der Waals surface area contributed by atoms with Crippen molar-refractivity contribution in [1.82, 2.24) is 5.32 Å². The van der Waals surface area contributed by atoms with Crippen LogP contribution in [0.3, 0.4) is 0 Å². The average molecular weight is 337 g/mol. The molecule has 0 spiro atoms. The van der Waals surface area contributed by atoms with Crippen LogP contribution < -0.4 is 5.32 Å². The standard InChI is InChI=1S/C15H16F5NO2/c1-2-23-8-6-4-3-5-7(8)21-15(22)9-10(16)12(18)14(20)13(19)11(9)17/h7-8H,2-6H2,1H3,(H,21,22). The second-order valence-electron chi connectivity index (χ2n) is 5.30. The quantitative estimate of drug-likeness (QED) is 0.519. The SMILES string of the molecule is CCOC1CCCCC1NC(=O)c1c(F)c(F)c(F)c(F)c1F. The van der Waals surface area contributed by atoms with E-state index in [9.17, 15) is 26.7 Å². The molecule has 0 aromatic heterocycles. The Kier molecular flexibility index (Phi) is 5.56.